The van der Waals surface area contributed by atoms with E-state index >= 15 is 0 Å². The SMILES string of the molecule is CCCSCC(=O)Cc1csc2ccccc12. The second-order valence-corrected chi connectivity index (χ2v) is 6.04. The maximum Gasteiger partial charge on any atom is 0.147 e. The summed E-state index contributed by atoms with van der Waals surface area (Å²) < 4.78 is 1.27. The highest BCUT2D eigenvalue weighted by atomic mass is 32.2. The molecule has 0 unspecified atom stereocenters. The van der Waals surface area contributed by atoms with Crippen LogP contribution in [0, 0.1) is 0 Å². The van der Waals surface area contributed by atoms with Crippen LogP contribution < -0.4 is 0 Å². The molecule has 3 heteroatoms. The van der Waals surface area contributed by atoms with Gasteiger partial charge in [-0.05, 0) is 34.6 Å². The van der Waals surface area contributed by atoms with E-state index < -0.39 is 0 Å². The Bertz CT molecular complexity index is 502. The molecule has 0 N–H and O–H groups in total. The molecule has 90 valence electrons. The number of Topliss-reactive ketones (excluding diaryl/α,β-unsaturated/α-hetero) is 1. The van der Waals surface area contributed by atoms with Crippen LogP contribution in [0.15, 0.2) is 29.6 Å². The normalized spacial score (nSPS) is 10.9. The summed E-state index contributed by atoms with van der Waals surface area (Å²) in [6, 6.07) is 8.30. The Labute approximate surface area is 110 Å². The molecule has 1 heterocycles. The van der Waals surface area contributed by atoms with E-state index in [1.54, 1.807) is 23.1 Å². The number of ketones is 1. The van der Waals surface area contributed by atoms with Gasteiger partial charge in [0.25, 0.3) is 0 Å². The lowest BCUT2D eigenvalue weighted by atomic mass is 10.1. The van der Waals surface area contributed by atoms with Gasteiger partial charge in [-0.3, -0.25) is 4.79 Å². The summed E-state index contributed by atoms with van der Waals surface area (Å²) in [5, 5.41) is 3.36. The fourth-order valence-electron chi connectivity index (χ4n) is 1.76. The number of thioether (sulfide) groups is 1. The number of hydrogen-bond donors (Lipinski definition) is 0. The molecular formula is C14H16OS2. The molecule has 0 aliphatic carbocycles. The van der Waals surface area contributed by atoms with Crippen molar-refractivity contribution in [1.82, 2.24) is 0 Å². The third-order valence-corrected chi connectivity index (χ3v) is 4.80. The predicted octanol–water partition coefficient (Wildman–Crippen LogP) is 4.16. The van der Waals surface area contributed by atoms with E-state index in [1.165, 1.54) is 15.6 Å². The van der Waals surface area contributed by atoms with E-state index in [0.717, 1.165) is 12.2 Å². The van der Waals surface area contributed by atoms with Gasteiger partial charge in [0, 0.05) is 11.1 Å². The number of carbonyl (C=O) groups excluding carboxylic acids is 1. The first-order chi connectivity index (χ1) is 8.31. The molecule has 0 saturated carbocycles. The molecule has 2 rings (SSSR count). The van der Waals surface area contributed by atoms with Crippen molar-refractivity contribution in [1.29, 1.82) is 0 Å². The largest absolute Gasteiger partial charge is 0.298 e. The first-order valence-electron chi connectivity index (χ1n) is 5.86. The predicted molar refractivity (Wildman–Crippen MR) is 78.2 cm³/mol. The monoisotopic (exact) mass is 264 g/mol. The highest BCUT2D eigenvalue weighted by molar-refractivity contribution is 7.99. The third kappa shape index (κ3) is 3.33. The van der Waals surface area contributed by atoms with Gasteiger partial charge in [0.05, 0.1) is 5.75 Å². The van der Waals surface area contributed by atoms with Crippen LogP contribution in [0.2, 0.25) is 0 Å². The fraction of sp³-hybridized carbons (Fsp3) is 0.357. The Morgan fingerprint density at radius 3 is 3.00 bits per heavy atom. The average molecular weight is 264 g/mol. The number of fused-ring (bicyclic) bond motifs is 1. The Balaban J connectivity index is 2.01. The van der Waals surface area contributed by atoms with Gasteiger partial charge in [0.2, 0.25) is 0 Å². The van der Waals surface area contributed by atoms with Crippen molar-refractivity contribution in [3.05, 3.63) is 35.2 Å². The highest BCUT2D eigenvalue weighted by Gasteiger charge is 2.08. The van der Waals surface area contributed by atoms with E-state index in [2.05, 4.69) is 24.4 Å². The lowest BCUT2D eigenvalue weighted by molar-refractivity contribution is -0.115. The summed E-state index contributed by atoms with van der Waals surface area (Å²) in [4.78, 5) is 11.8. The molecule has 1 aromatic carbocycles. The van der Waals surface area contributed by atoms with Crippen LogP contribution in [0.1, 0.15) is 18.9 Å². The van der Waals surface area contributed by atoms with Gasteiger partial charge < -0.3 is 0 Å². The van der Waals surface area contributed by atoms with Gasteiger partial charge in [-0.1, -0.05) is 25.1 Å². The van der Waals surface area contributed by atoms with Crippen LogP contribution >= 0.6 is 23.1 Å². The quantitative estimate of drug-likeness (QED) is 0.729. The number of carbonyl (C=O) groups is 1. The van der Waals surface area contributed by atoms with Crippen LogP contribution in [0.5, 0.6) is 0 Å². The molecule has 0 aliphatic heterocycles. The number of benzene rings is 1. The van der Waals surface area contributed by atoms with E-state index in [0.29, 0.717) is 18.0 Å². The molecule has 0 radical (unpaired) electrons. The van der Waals surface area contributed by atoms with Gasteiger partial charge >= 0.3 is 0 Å². The summed E-state index contributed by atoms with van der Waals surface area (Å²) in [5.41, 5.74) is 1.19. The summed E-state index contributed by atoms with van der Waals surface area (Å²) in [6.07, 6.45) is 1.72. The molecule has 17 heavy (non-hydrogen) atoms. The van der Waals surface area contributed by atoms with Crippen molar-refractivity contribution < 1.29 is 4.79 Å². The number of hydrogen-bond acceptors (Lipinski definition) is 3. The molecule has 0 fully saturated rings. The molecule has 0 saturated heterocycles. The van der Waals surface area contributed by atoms with Gasteiger partial charge in [-0.2, -0.15) is 11.8 Å². The summed E-state index contributed by atoms with van der Waals surface area (Å²) in [6.45, 7) is 2.14. The van der Waals surface area contributed by atoms with E-state index in [9.17, 15) is 4.79 Å². The Morgan fingerprint density at radius 2 is 2.18 bits per heavy atom. The van der Waals surface area contributed by atoms with Gasteiger partial charge in [-0.15, -0.1) is 11.3 Å². The number of rotatable bonds is 6. The smallest absolute Gasteiger partial charge is 0.147 e. The molecular weight excluding hydrogens is 248 g/mol. The zero-order chi connectivity index (χ0) is 12.1. The summed E-state index contributed by atoms with van der Waals surface area (Å²) >= 11 is 3.47. The fourth-order valence-corrected chi connectivity index (χ4v) is 3.49. The second kappa shape index (κ2) is 6.22. The van der Waals surface area contributed by atoms with E-state index in [1.807, 2.05) is 12.1 Å². The number of thiophene rings is 1. The zero-order valence-electron chi connectivity index (χ0n) is 9.94. The van der Waals surface area contributed by atoms with Gasteiger partial charge in [0.1, 0.15) is 5.78 Å². The van der Waals surface area contributed by atoms with Crippen LogP contribution in [-0.2, 0) is 11.2 Å². The lowest BCUT2D eigenvalue weighted by Crippen LogP contribution is -2.05. The van der Waals surface area contributed by atoms with Crippen molar-refractivity contribution in [2.24, 2.45) is 0 Å². The first-order valence-corrected chi connectivity index (χ1v) is 7.89. The molecule has 0 amide bonds. The third-order valence-electron chi connectivity index (χ3n) is 2.56. The Hall–Kier alpha value is -0.800. The van der Waals surface area contributed by atoms with Gasteiger partial charge in [0.15, 0.2) is 0 Å². The van der Waals surface area contributed by atoms with Crippen LogP contribution in [0.3, 0.4) is 0 Å². The van der Waals surface area contributed by atoms with Gasteiger partial charge in [-0.25, -0.2) is 0 Å². The molecule has 0 aliphatic rings. The summed E-state index contributed by atoms with van der Waals surface area (Å²) in [7, 11) is 0. The van der Waals surface area contributed by atoms with Crippen molar-refractivity contribution >= 4 is 39.0 Å². The minimum absolute atomic E-state index is 0.340. The van der Waals surface area contributed by atoms with E-state index in [4.69, 9.17) is 0 Å². The minimum atomic E-state index is 0.340. The van der Waals surface area contributed by atoms with E-state index in [-0.39, 0.29) is 0 Å². The maximum atomic E-state index is 11.8. The standard InChI is InChI=1S/C14H16OS2/c1-2-7-16-10-12(15)8-11-9-17-14-6-4-3-5-13(11)14/h3-6,9H,2,7-8,10H2,1H3. The summed E-state index contributed by atoms with van der Waals surface area (Å²) in [5.74, 6) is 2.07. The molecule has 0 bridgehead atoms. The Morgan fingerprint density at radius 1 is 1.35 bits per heavy atom. The van der Waals surface area contributed by atoms with Crippen LogP contribution in [0.25, 0.3) is 10.1 Å². The zero-order valence-corrected chi connectivity index (χ0v) is 11.6. The van der Waals surface area contributed by atoms with Crippen LogP contribution in [0.4, 0.5) is 0 Å². The molecule has 2 aromatic rings. The van der Waals surface area contributed by atoms with Crippen molar-refractivity contribution in [2.45, 2.75) is 19.8 Å². The average Bonchev–Trinajstić information content (AvgIpc) is 2.73. The lowest BCUT2D eigenvalue weighted by Gasteiger charge is -2.00. The molecule has 1 nitrogen and oxygen atoms in total. The van der Waals surface area contributed by atoms with Crippen LogP contribution in [-0.4, -0.2) is 17.3 Å². The van der Waals surface area contributed by atoms with Crippen molar-refractivity contribution in [2.75, 3.05) is 11.5 Å². The molecule has 1 aromatic heterocycles. The first kappa shape index (κ1) is 12.7. The molecule has 0 spiro atoms. The maximum absolute atomic E-state index is 11.8. The minimum Gasteiger partial charge on any atom is -0.298 e. The molecule has 0 atom stereocenters. The topological polar surface area (TPSA) is 17.1 Å². The van der Waals surface area contributed by atoms with Crippen molar-refractivity contribution in [3.8, 4) is 0 Å². The highest BCUT2D eigenvalue weighted by Crippen LogP contribution is 2.26. The van der Waals surface area contributed by atoms with Crippen molar-refractivity contribution in [3.63, 3.8) is 0 Å². The second-order valence-electron chi connectivity index (χ2n) is 4.03. The Kier molecular flexibility index (Phi) is 4.63.